The van der Waals surface area contributed by atoms with Crippen LogP contribution in [0, 0.1) is 31.3 Å². The Balaban J connectivity index is 2.01. The fourth-order valence-electron chi connectivity index (χ4n) is 2.82. The number of hydrogen-bond donors (Lipinski definition) is 0. The van der Waals surface area contributed by atoms with Crippen molar-refractivity contribution in [2.24, 2.45) is 0 Å². The molecule has 0 aliphatic carbocycles. The lowest BCUT2D eigenvalue weighted by molar-refractivity contribution is 0.475. The van der Waals surface area contributed by atoms with E-state index < -0.39 is 17.5 Å². The molecule has 2 heterocycles. The van der Waals surface area contributed by atoms with Crippen LogP contribution in [0.5, 0.6) is 0 Å². The van der Waals surface area contributed by atoms with Crippen molar-refractivity contribution >= 4 is 17.0 Å². The Kier molecular flexibility index (Phi) is 3.65. The maximum atomic E-state index is 14.1. The monoisotopic (exact) mass is 312 g/mol. The molecule has 0 N–H and O–H groups in total. The van der Waals surface area contributed by atoms with Gasteiger partial charge in [-0.3, -0.25) is 0 Å². The first-order chi connectivity index (χ1) is 9.97. The number of halogens is 3. The highest BCUT2D eigenvalue weighted by molar-refractivity contribution is 7.11. The van der Waals surface area contributed by atoms with Crippen molar-refractivity contribution in [3.63, 3.8) is 0 Å². The Hall–Kier alpha value is -1.56. The van der Waals surface area contributed by atoms with Gasteiger partial charge in [0.05, 0.1) is 22.9 Å². The number of anilines is 1. The molecule has 2 nitrogen and oxygen atoms in total. The van der Waals surface area contributed by atoms with E-state index in [0.29, 0.717) is 32.0 Å². The van der Waals surface area contributed by atoms with Crippen molar-refractivity contribution in [2.75, 3.05) is 11.4 Å². The summed E-state index contributed by atoms with van der Waals surface area (Å²) in [7, 11) is 0. The molecule has 21 heavy (non-hydrogen) atoms. The van der Waals surface area contributed by atoms with Crippen LogP contribution in [-0.4, -0.2) is 11.5 Å². The first-order valence-electron chi connectivity index (χ1n) is 6.81. The number of benzene rings is 1. The van der Waals surface area contributed by atoms with E-state index in [9.17, 15) is 13.2 Å². The highest BCUT2D eigenvalue weighted by Crippen LogP contribution is 2.35. The first kappa shape index (κ1) is 14.4. The van der Waals surface area contributed by atoms with Crippen LogP contribution >= 0.6 is 11.3 Å². The smallest absolute Gasteiger partial charge is 0.164 e. The molecule has 0 unspecified atom stereocenters. The number of aromatic nitrogens is 1. The summed E-state index contributed by atoms with van der Waals surface area (Å²) < 4.78 is 41.3. The average Bonchev–Trinajstić information content (AvgIpc) is 2.74. The Labute approximate surface area is 125 Å². The van der Waals surface area contributed by atoms with Gasteiger partial charge in [-0.05, 0) is 26.7 Å². The third-order valence-corrected chi connectivity index (χ3v) is 4.80. The number of thiazole rings is 1. The maximum Gasteiger partial charge on any atom is 0.164 e. The minimum absolute atomic E-state index is 0.151. The molecule has 0 saturated carbocycles. The van der Waals surface area contributed by atoms with Crippen molar-refractivity contribution in [1.29, 1.82) is 0 Å². The van der Waals surface area contributed by atoms with Crippen LogP contribution in [0.15, 0.2) is 6.07 Å². The summed E-state index contributed by atoms with van der Waals surface area (Å²) in [6.07, 6.45) is 1.05. The Morgan fingerprint density at radius 2 is 2.00 bits per heavy atom. The molecule has 0 bridgehead atoms. The van der Waals surface area contributed by atoms with Crippen molar-refractivity contribution in [2.45, 2.75) is 33.2 Å². The first-order valence-corrected chi connectivity index (χ1v) is 7.63. The van der Waals surface area contributed by atoms with Crippen molar-refractivity contribution in [3.05, 3.63) is 44.7 Å². The molecule has 0 radical (unpaired) electrons. The Morgan fingerprint density at radius 1 is 1.24 bits per heavy atom. The van der Waals surface area contributed by atoms with Gasteiger partial charge < -0.3 is 4.90 Å². The normalized spacial score (nSPS) is 14.4. The molecule has 2 aromatic rings. The van der Waals surface area contributed by atoms with Gasteiger partial charge in [-0.2, -0.15) is 0 Å². The number of aryl methyl sites for hydroxylation is 2. The summed E-state index contributed by atoms with van der Waals surface area (Å²) in [6.45, 7) is 4.93. The standard InChI is InChI=1S/C15H15F3N2S/c1-8-13(21-9(2)19-8)7-20-5-3-4-10-14(18)11(16)6-12(17)15(10)20/h6H,3-5,7H2,1-2H3. The second kappa shape index (κ2) is 5.33. The summed E-state index contributed by atoms with van der Waals surface area (Å²) in [5, 5.41) is 0.950. The summed E-state index contributed by atoms with van der Waals surface area (Å²) >= 11 is 1.55. The average molecular weight is 312 g/mol. The molecule has 0 fully saturated rings. The number of hydrogen-bond acceptors (Lipinski definition) is 3. The minimum atomic E-state index is -1.11. The molecule has 0 spiro atoms. The van der Waals surface area contributed by atoms with E-state index in [0.717, 1.165) is 15.6 Å². The highest BCUT2D eigenvalue weighted by atomic mass is 32.1. The summed E-state index contributed by atoms with van der Waals surface area (Å²) in [6, 6.07) is 0.636. The van der Waals surface area contributed by atoms with Crippen LogP contribution < -0.4 is 4.90 Å². The Morgan fingerprint density at radius 3 is 2.67 bits per heavy atom. The van der Waals surface area contributed by atoms with Gasteiger partial charge in [0.2, 0.25) is 0 Å². The molecule has 112 valence electrons. The van der Waals surface area contributed by atoms with Crippen molar-refractivity contribution in [3.8, 4) is 0 Å². The summed E-state index contributed by atoms with van der Waals surface area (Å²) in [5.41, 5.74) is 1.26. The zero-order valence-corrected chi connectivity index (χ0v) is 12.7. The molecule has 1 aromatic carbocycles. The van der Waals surface area contributed by atoms with Gasteiger partial charge in [0.25, 0.3) is 0 Å². The van der Waals surface area contributed by atoms with Gasteiger partial charge in [0.15, 0.2) is 11.6 Å². The molecule has 0 amide bonds. The number of rotatable bonds is 2. The molecule has 6 heteroatoms. The SMILES string of the molecule is Cc1nc(C)c(CN2CCCc3c(F)c(F)cc(F)c32)s1. The maximum absolute atomic E-state index is 14.1. The van der Waals surface area contributed by atoms with Gasteiger partial charge in [-0.25, -0.2) is 18.2 Å². The van der Waals surface area contributed by atoms with Crippen LogP contribution in [-0.2, 0) is 13.0 Å². The van der Waals surface area contributed by atoms with Crippen molar-refractivity contribution < 1.29 is 13.2 Å². The van der Waals surface area contributed by atoms with Crippen molar-refractivity contribution in [1.82, 2.24) is 4.98 Å². The largest absolute Gasteiger partial charge is 0.364 e. The summed E-state index contributed by atoms with van der Waals surface area (Å²) in [5.74, 6) is -2.73. The van der Waals surface area contributed by atoms with Gasteiger partial charge in [-0.1, -0.05) is 0 Å². The topological polar surface area (TPSA) is 16.1 Å². The van der Waals surface area contributed by atoms with Crippen LogP contribution in [0.25, 0.3) is 0 Å². The van der Waals surface area contributed by atoms with E-state index in [4.69, 9.17) is 0 Å². The fraction of sp³-hybridized carbons (Fsp3) is 0.400. The van der Waals surface area contributed by atoms with E-state index in [1.165, 1.54) is 0 Å². The van der Waals surface area contributed by atoms with E-state index in [1.54, 1.807) is 16.2 Å². The second-order valence-electron chi connectivity index (χ2n) is 5.25. The fourth-order valence-corrected chi connectivity index (χ4v) is 3.77. The lowest BCUT2D eigenvalue weighted by atomic mass is 10.00. The predicted molar refractivity (Wildman–Crippen MR) is 77.3 cm³/mol. The highest BCUT2D eigenvalue weighted by Gasteiger charge is 2.27. The zero-order valence-electron chi connectivity index (χ0n) is 11.8. The minimum Gasteiger partial charge on any atom is -0.364 e. The van der Waals surface area contributed by atoms with E-state index in [2.05, 4.69) is 4.98 Å². The van der Waals surface area contributed by atoms with E-state index >= 15 is 0 Å². The lowest BCUT2D eigenvalue weighted by Gasteiger charge is -2.31. The Bertz CT molecular complexity index is 697. The molecular formula is C15H15F3N2S. The third-order valence-electron chi connectivity index (χ3n) is 3.75. The molecule has 1 aromatic heterocycles. The molecule has 0 atom stereocenters. The van der Waals surface area contributed by atoms with Gasteiger partial charge >= 0.3 is 0 Å². The molecule has 1 aliphatic rings. The molecule has 1 aliphatic heterocycles. The van der Waals surface area contributed by atoms with Crippen LogP contribution in [0.4, 0.5) is 18.9 Å². The molecule has 3 rings (SSSR count). The molecular weight excluding hydrogens is 297 g/mol. The quantitative estimate of drug-likeness (QED) is 0.775. The molecule has 0 saturated heterocycles. The van der Waals surface area contributed by atoms with Crippen LogP contribution in [0.2, 0.25) is 0 Å². The van der Waals surface area contributed by atoms with Crippen LogP contribution in [0.1, 0.15) is 27.6 Å². The predicted octanol–water partition coefficient (Wildman–Crippen LogP) is 4.13. The number of nitrogens with zero attached hydrogens (tertiary/aromatic N) is 2. The van der Waals surface area contributed by atoms with Gasteiger partial charge in [-0.15, -0.1) is 11.3 Å². The lowest BCUT2D eigenvalue weighted by Crippen LogP contribution is -2.30. The number of fused-ring (bicyclic) bond motifs is 1. The van der Waals surface area contributed by atoms with E-state index in [1.807, 2.05) is 13.8 Å². The van der Waals surface area contributed by atoms with Crippen LogP contribution in [0.3, 0.4) is 0 Å². The third kappa shape index (κ3) is 2.52. The zero-order chi connectivity index (χ0) is 15.1. The van der Waals surface area contributed by atoms with Gasteiger partial charge in [0.1, 0.15) is 5.82 Å². The summed E-state index contributed by atoms with van der Waals surface area (Å²) in [4.78, 5) is 7.17. The van der Waals surface area contributed by atoms with E-state index in [-0.39, 0.29) is 11.3 Å². The van der Waals surface area contributed by atoms with Gasteiger partial charge in [0, 0.05) is 23.1 Å². The second-order valence-corrected chi connectivity index (χ2v) is 6.54.